The Balaban J connectivity index is 1.91. The van der Waals surface area contributed by atoms with Crippen molar-refractivity contribution in [3.63, 3.8) is 0 Å². The van der Waals surface area contributed by atoms with Crippen LogP contribution < -0.4 is 5.32 Å². The summed E-state index contributed by atoms with van der Waals surface area (Å²) >= 11 is 5.35. The number of aliphatic hydroxyl groups is 1. The molecule has 96 valence electrons. The van der Waals surface area contributed by atoms with Crippen LogP contribution in [-0.4, -0.2) is 18.3 Å². The number of halogens is 1. The van der Waals surface area contributed by atoms with Crippen LogP contribution in [0.1, 0.15) is 43.5 Å². The fraction of sp³-hybridized carbons (Fsp3) is 0.692. The normalized spacial score (nSPS) is 20.6. The zero-order valence-corrected chi connectivity index (χ0v) is 12.6. The molecule has 0 aromatic carbocycles. The van der Waals surface area contributed by atoms with E-state index in [4.69, 9.17) is 0 Å². The molecule has 1 aromatic heterocycles. The van der Waals surface area contributed by atoms with Gasteiger partial charge in [-0.3, -0.25) is 0 Å². The molecule has 1 aliphatic carbocycles. The Hall–Kier alpha value is 0.100. The van der Waals surface area contributed by atoms with Crippen LogP contribution in [0.4, 0.5) is 0 Å². The third kappa shape index (κ3) is 3.11. The molecule has 0 saturated heterocycles. The van der Waals surface area contributed by atoms with Gasteiger partial charge in [0.2, 0.25) is 0 Å². The lowest BCUT2D eigenvalue weighted by Crippen LogP contribution is -2.36. The van der Waals surface area contributed by atoms with Crippen LogP contribution in [0.2, 0.25) is 0 Å². The van der Waals surface area contributed by atoms with E-state index in [9.17, 15) is 5.11 Å². The lowest BCUT2D eigenvalue weighted by atomic mass is 9.87. The molecule has 1 heterocycles. The molecule has 2 rings (SSSR count). The standard InChI is InChI=1S/C13H20BrNOS/c1-10(12-11(14)4-7-17-12)15-8-13(9-16)5-2-3-6-13/h4,7,10,15-16H,2-3,5-6,8-9H2,1H3. The largest absolute Gasteiger partial charge is 0.396 e. The maximum atomic E-state index is 9.57. The van der Waals surface area contributed by atoms with E-state index in [0.29, 0.717) is 12.6 Å². The van der Waals surface area contributed by atoms with Gasteiger partial charge in [-0.1, -0.05) is 12.8 Å². The maximum absolute atomic E-state index is 9.57. The number of thiophene rings is 1. The summed E-state index contributed by atoms with van der Waals surface area (Å²) in [5.41, 5.74) is 0.137. The van der Waals surface area contributed by atoms with Crippen molar-refractivity contribution in [1.82, 2.24) is 5.32 Å². The maximum Gasteiger partial charge on any atom is 0.0499 e. The van der Waals surface area contributed by atoms with Crippen molar-refractivity contribution >= 4 is 27.3 Å². The molecule has 1 unspecified atom stereocenters. The van der Waals surface area contributed by atoms with Crippen LogP contribution >= 0.6 is 27.3 Å². The molecule has 0 bridgehead atoms. The lowest BCUT2D eigenvalue weighted by molar-refractivity contribution is 0.125. The van der Waals surface area contributed by atoms with Gasteiger partial charge < -0.3 is 10.4 Å². The van der Waals surface area contributed by atoms with E-state index in [1.54, 1.807) is 11.3 Å². The van der Waals surface area contributed by atoms with E-state index in [1.807, 2.05) is 0 Å². The van der Waals surface area contributed by atoms with Gasteiger partial charge in [0.25, 0.3) is 0 Å². The van der Waals surface area contributed by atoms with E-state index >= 15 is 0 Å². The zero-order valence-electron chi connectivity index (χ0n) is 10.2. The van der Waals surface area contributed by atoms with Crippen LogP contribution in [0.3, 0.4) is 0 Å². The molecule has 17 heavy (non-hydrogen) atoms. The minimum absolute atomic E-state index is 0.137. The molecule has 2 N–H and O–H groups in total. The lowest BCUT2D eigenvalue weighted by Gasteiger charge is -2.28. The molecule has 4 heteroatoms. The predicted octanol–water partition coefficient (Wildman–Crippen LogP) is 3.71. The molecule has 1 atom stereocenters. The van der Waals surface area contributed by atoms with E-state index in [2.05, 4.69) is 39.6 Å². The predicted molar refractivity (Wildman–Crippen MR) is 76.4 cm³/mol. The van der Waals surface area contributed by atoms with Crippen LogP contribution in [0, 0.1) is 5.41 Å². The molecule has 1 saturated carbocycles. The molecule has 0 radical (unpaired) electrons. The molecule has 0 amide bonds. The highest BCUT2D eigenvalue weighted by Crippen LogP contribution is 2.38. The van der Waals surface area contributed by atoms with Gasteiger partial charge in [0.05, 0.1) is 0 Å². The average molecular weight is 318 g/mol. The minimum Gasteiger partial charge on any atom is -0.396 e. The van der Waals surface area contributed by atoms with Gasteiger partial charge in [-0.25, -0.2) is 0 Å². The highest BCUT2D eigenvalue weighted by atomic mass is 79.9. The fourth-order valence-corrected chi connectivity index (χ4v) is 4.34. The van der Waals surface area contributed by atoms with Crippen LogP contribution in [0.25, 0.3) is 0 Å². The Labute approximate surface area is 116 Å². The summed E-state index contributed by atoms with van der Waals surface area (Å²) in [5.74, 6) is 0. The fourth-order valence-electron chi connectivity index (χ4n) is 2.59. The first kappa shape index (κ1) is 13.5. The summed E-state index contributed by atoms with van der Waals surface area (Å²) in [4.78, 5) is 1.34. The zero-order chi connectivity index (χ0) is 12.3. The van der Waals surface area contributed by atoms with Gasteiger partial charge >= 0.3 is 0 Å². The van der Waals surface area contributed by atoms with Gasteiger partial charge in [-0.05, 0) is 47.1 Å². The van der Waals surface area contributed by atoms with E-state index < -0.39 is 0 Å². The molecule has 1 aliphatic rings. The van der Waals surface area contributed by atoms with Crippen molar-refractivity contribution < 1.29 is 5.11 Å². The first-order valence-electron chi connectivity index (χ1n) is 6.24. The van der Waals surface area contributed by atoms with Crippen molar-refractivity contribution in [2.24, 2.45) is 5.41 Å². The SMILES string of the molecule is CC(NCC1(CO)CCCC1)c1sccc1Br. The summed E-state index contributed by atoms with van der Waals surface area (Å²) in [7, 11) is 0. The molecule has 0 spiro atoms. The Morgan fingerprint density at radius 3 is 2.76 bits per heavy atom. The number of nitrogens with one attached hydrogen (secondary N) is 1. The van der Waals surface area contributed by atoms with Crippen LogP contribution in [0.15, 0.2) is 15.9 Å². The van der Waals surface area contributed by atoms with Crippen molar-refractivity contribution in [2.45, 2.75) is 38.6 Å². The van der Waals surface area contributed by atoms with E-state index in [0.717, 1.165) is 19.4 Å². The summed E-state index contributed by atoms with van der Waals surface area (Å²) < 4.78 is 1.19. The highest BCUT2D eigenvalue weighted by Gasteiger charge is 2.33. The molecule has 2 nitrogen and oxygen atoms in total. The topological polar surface area (TPSA) is 32.3 Å². The summed E-state index contributed by atoms with van der Waals surface area (Å²) in [5, 5.41) is 15.3. The first-order chi connectivity index (χ1) is 8.17. The average Bonchev–Trinajstić information content (AvgIpc) is 2.95. The van der Waals surface area contributed by atoms with Crippen molar-refractivity contribution in [1.29, 1.82) is 0 Å². The molecular weight excluding hydrogens is 298 g/mol. The van der Waals surface area contributed by atoms with Gasteiger partial charge in [0.15, 0.2) is 0 Å². The monoisotopic (exact) mass is 317 g/mol. The minimum atomic E-state index is 0.137. The summed E-state index contributed by atoms with van der Waals surface area (Å²) in [6.07, 6.45) is 4.85. The van der Waals surface area contributed by atoms with Crippen molar-refractivity contribution in [3.05, 3.63) is 20.8 Å². The molecular formula is C13H20BrNOS. The summed E-state index contributed by atoms with van der Waals surface area (Å²) in [6, 6.07) is 2.45. The number of hydrogen-bond donors (Lipinski definition) is 2. The number of rotatable bonds is 5. The Bertz CT molecular complexity index is 360. The molecule has 1 aromatic rings. The summed E-state index contributed by atoms with van der Waals surface area (Å²) in [6.45, 7) is 3.43. The number of hydrogen-bond acceptors (Lipinski definition) is 3. The molecule has 0 aliphatic heterocycles. The quantitative estimate of drug-likeness (QED) is 0.867. The Morgan fingerprint density at radius 2 is 2.24 bits per heavy atom. The third-order valence-electron chi connectivity index (χ3n) is 3.82. The number of aliphatic hydroxyl groups excluding tert-OH is 1. The Kier molecular flexibility index (Phi) is 4.64. The second-order valence-electron chi connectivity index (χ2n) is 5.10. The van der Waals surface area contributed by atoms with Gasteiger partial charge in [0.1, 0.15) is 0 Å². The Morgan fingerprint density at radius 1 is 1.53 bits per heavy atom. The van der Waals surface area contributed by atoms with Gasteiger partial charge in [-0.15, -0.1) is 11.3 Å². The van der Waals surface area contributed by atoms with Crippen LogP contribution in [0.5, 0.6) is 0 Å². The highest BCUT2D eigenvalue weighted by molar-refractivity contribution is 9.10. The van der Waals surface area contributed by atoms with E-state index in [1.165, 1.54) is 22.2 Å². The second kappa shape index (κ2) is 5.83. The second-order valence-corrected chi connectivity index (χ2v) is 6.90. The van der Waals surface area contributed by atoms with Crippen LogP contribution in [-0.2, 0) is 0 Å². The van der Waals surface area contributed by atoms with E-state index in [-0.39, 0.29) is 5.41 Å². The van der Waals surface area contributed by atoms with Crippen molar-refractivity contribution in [2.75, 3.05) is 13.2 Å². The van der Waals surface area contributed by atoms with Crippen molar-refractivity contribution in [3.8, 4) is 0 Å². The van der Waals surface area contributed by atoms with Gasteiger partial charge in [-0.2, -0.15) is 0 Å². The first-order valence-corrected chi connectivity index (χ1v) is 7.91. The molecule has 1 fully saturated rings. The van der Waals surface area contributed by atoms with Gasteiger partial charge in [0, 0.05) is 34.0 Å². The smallest absolute Gasteiger partial charge is 0.0499 e. The third-order valence-corrected chi connectivity index (χ3v) is 5.87.